The Labute approximate surface area is 118 Å². The molecule has 4 heteroatoms. The molecule has 1 N–H and O–H groups in total. The van der Waals surface area contributed by atoms with Crippen LogP contribution in [0.5, 0.6) is 0 Å². The summed E-state index contributed by atoms with van der Waals surface area (Å²) in [6.07, 6.45) is 5.04. The first kappa shape index (κ1) is 17.7. The van der Waals surface area contributed by atoms with Crippen molar-refractivity contribution in [3.8, 4) is 0 Å². The summed E-state index contributed by atoms with van der Waals surface area (Å²) < 4.78 is 0. The Hall–Kier alpha value is -0.280. The normalized spacial score (nSPS) is 17.1. The first-order chi connectivity index (χ1) is 7.90. The second kappa shape index (κ2) is 8.00. The van der Waals surface area contributed by atoms with E-state index in [-0.39, 0.29) is 12.4 Å². The first-order valence-corrected chi connectivity index (χ1v) is 6.86. The van der Waals surface area contributed by atoms with E-state index >= 15 is 0 Å². The highest BCUT2D eigenvalue weighted by atomic mass is 35.5. The zero-order valence-corrected chi connectivity index (χ0v) is 13.1. The van der Waals surface area contributed by atoms with Crippen LogP contribution in [0.4, 0.5) is 0 Å². The molecule has 0 aromatic heterocycles. The lowest BCUT2D eigenvalue weighted by Crippen LogP contribution is -2.43. The Balaban J connectivity index is 0.00000289. The predicted octanol–water partition coefficient (Wildman–Crippen LogP) is 2.84. The second-order valence-electron chi connectivity index (χ2n) is 6.40. The predicted molar refractivity (Wildman–Crippen MR) is 79.2 cm³/mol. The summed E-state index contributed by atoms with van der Waals surface area (Å²) in [7, 11) is 1.97. The van der Waals surface area contributed by atoms with Gasteiger partial charge in [0.15, 0.2) is 0 Å². The first-order valence-electron chi connectivity index (χ1n) is 6.86. The third kappa shape index (κ3) is 6.60. The topological polar surface area (TPSA) is 32.3 Å². The molecule has 1 heterocycles. The van der Waals surface area contributed by atoms with Crippen molar-refractivity contribution in [3.63, 3.8) is 0 Å². The summed E-state index contributed by atoms with van der Waals surface area (Å²) in [4.78, 5) is 14.0. The summed E-state index contributed by atoms with van der Waals surface area (Å²) in [5, 5.41) is 3.33. The number of piperidine rings is 1. The van der Waals surface area contributed by atoms with Gasteiger partial charge >= 0.3 is 0 Å². The number of nitrogens with one attached hydrogen (secondary N) is 1. The molecule has 1 aliphatic heterocycles. The molecule has 0 aliphatic carbocycles. The van der Waals surface area contributed by atoms with Crippen molar-refractivity contribution in [2.75, 3.05) is 20.1 Å². The largest absolute Gasteiger partial charge is 0.343 e. The minimum absolute atomic E-state index is 0. The maximum atomic E-state index is 12.0. The maximum absolute atomic E-state index is 12.0. The highest BCUT2D eigenvalue weighted by molar-refractivity contribution is 5.85. The summed E-state index contributed by atoms with van der Waals surface area (Å²) in [5.41, 5.74) is 0.341. The number of rotatable bonds is 4. The van der Waals surface area contributed by atoms with E-state index in [2.05, 4.69) is 26.1 Å². The number of carbonyl (C=O) groups is 1. The summed E-state index contributed by atoms with van der Waals surface area (Å²) in [6.45, 7) is 8.78. The second-order valence-corrected chi connectivity index (χ2v) is 6.40. The molecule has 1 rings (SSSR count). The van der Waals surface area contributed by atoms with Gasteiger partial charge in [-0.3, -0.25) is 4.79 Å². The maximum Gasteiger partial charge on any atom is 0.222 e. The smallest absolute Gasteiger partial charge is 0.222 e. The van der Waals surface area contributed by atoms with Crippen molar-refractivity contribution in [2.45, 2.75) is 58.9 Å². The van der Waals surface area contributed by atoms with Crippen molar-refractivity contribution in [1.82, 2.24) is 10.2 Å². The van der Waals surface area contributed by atoms with Gasteiger partial charge in [-0.1, -0.05) is 20.8 Å². The average molecular weight is 277 g/mol. The lowest BCUT2D eigenvalue weighted by molar-refractivity contribution is -0.132. The molecule has 0 bridgehead atoms. The van der Waals surface area contributed by atoms with Gasteiger partial charge in [-0.15, -0.1) is 12.4 Å². The van der Waals surface area contributed by atoms with E-state index in [1.54, 1.807) is 0 Å². The minimum atomic E-state index is 0. The van der Waals surface area contributed by atoms with Gasteiger partial charge in [-0.05, 0) is 44.2 Å². The Morgan fingerprint density at radius 2 is 1.83 bits per heavy atom. The third-order valence-electron chi connectivity index (χ3n) is 3.57. The standard InChI is InChI=1S/C14H28N2O.ClH/c1-14(2,3)9-5-6-13(17)16(4)12-7-10-15-11-8-12;/h12,15H,5-11H2,1-4H3;1H. The Bertz CT molecular complexity index is 245. The van der Waals surface area contributed by atoms with E-state index in [0.717, 1.165) is 38.8 Å². The quantitative estimate of drug-likeness (QED) is 0.856. The lowest BCUT2D eigenvalue weighted by Gasteiger charge is -2.32. The van der Waals surface area contributed by atoms with Gasteiger partial charge in [0.05, 0.1) is 0 Å². The molecule has 108 valence electrons. The number of halogens is 1. The Morgan fingerprint density at radius 1 is 1.28 bits per heavy atom. The van der Waals surface area contributed by atoms with Crippen LogP contribution < -0.4 is 5.32 Å². The highest BCUT2D eigenvalue weighted by Crippen LogP contribution is 2.22. The van der Waals surface area contributed by atoms with Crippen molar-refractivity contribution < 1.29 is 4.79 Å². The number of hydrogen-bond acceptors (Lipinski definition) is 2. The molecular weight excluding hydrogens is 248 g/mol. The number of nitrogens with zero attached hydrogens (tertiary/aromatic N) is 1. The van der Waals surface area contributed by atoms with Gasteiger partial charge in [0, 0.05) is 19.5 Å². The van der Waals surface area contributed by atoms with Crippen molar-refractivity contribution >= 4 is 18.3 Å². The van der Waals surface area contributed by atoms with Crippen LogP contribution in [0.15, 0.2) is 0 Å². The summed E-state index contributed by atoms with van der Waals surface area (Å²) in [6, 6.07) is 0.457. The van der Waals surface area contributed by atoms with E-state index in [4.69, 9.17) is 0 Å². The van der Waals surface area contributed by atoms with Crippen molar-refractivity contribution in [2.24, 2.45) is 5.41 Å². The van der Waals surface area contributed by atoms with Crippen LogP contribution >= 0.6 is 12.4 Å². The molecule has 0 aromatic rings. The number of carbonyl (C=O) groups excluding carboxylic acids is 1. The van der Waals surface area contributed by atoms with Crippen molar-refractivity contribution in [1.29, 1.82) is 0 Å². The molecule has 0 saturated carbocycles. The van der Waals surface area contributed by atoms with Crippen molar-refractivity contribution in [3.05, 3.63) is 0 Å². The van der Waals surface area contributed by atoms with Gasteiger partial charge in [0.2, 0.25) is 5.91 Å². The van der Waals surface area contributed by atoms with Gasteiger partial charge in [-0.25, -0.2) is 0 Å². The number of hydrogen-bond donors (Lipinski definition) is 1. The summed E-state index contributed by atoms with van der Waals surface area (Å²) >= 11 is 0. The summed E-state index contributed by atoms with van der Waals surface area (Å²) in [5.74, 6) is 0.321. The zero-order valence-electron chi connectivity index (χ0n) is 12.3. The molecular formula is C14H29ClN2O. The average Bonchev–Trinajstić information content (AvgIpc) is 2.27. The van der Waals surface area contributed by atoms with Gasteiger partial charge in [0.25, 0.3) is 0 Å². The van der Waals surface area contributed by atoms with Gasteiger partial charge in [-0.2, -0.15) is 0 Å². The van der Waals surface area contributed by atoms with Gasteiger partial charge < -0.3 is 10.2 Å². The van der Waals surface area contributed by atoms with E-state index in [1.807, 2.05) is 11.9 Å². The van der Waals surface area contributed by atoms with Crippen LogP contribution in [-0.4, -0.2) is 37.0 Å². The molecule has 0 spiro atoms. The van der Waals surface area contributed by atoms with Crippen LogP contribution in [0.2, 0.25) is 0 Å². The van der Waals surface area contributed by atoms with E-state index in [0.29, 0.717) is 23.8 Å². The van der Waals surface area contributed by atoms with Crippen LogP contribution in [0.25, 0.3) is 0 Å². The fourth-order valence-corrected chi connectivity index (χ4v) is 2.34. The molecule has 1 fully saturated rings. The molecule has 3 nitrogen and oxygen atoms in total. The van der Waals surface area contributed by atoms with Crippen LogP contribution in [-0.2, 0) is 4.79 Å². The molecule has 18 heavy (non-hydrogen) atoms. The van der Waals surface area contributed by atoms with Crippen LogP contribution in [0.1, 0.15) is 52.9 Å². The van der Waals surface area contributed by atoms with Crippen LogP contribution in [0.3, 0.4) is 0 Å². The molecule has 0 radical (unpaired) electrons. The molecule has 1 aliphatic rings. The molecule has 0 atom stereocenters. The minimum Gasteiger partial charge on any atom is -0.343 e. The van der Waals surface area contributed by atoms with Gasteiger partial charge in [0.1, 0.15) is 0 Å². The van der Waals surface area contributed by atoms with E-state index in [9.17, 15) is 4.79 Å². The molecule has 0 aromatic carbocycles. The Kier molecular flexibility index (Phi) is 7.88. The third-order valence-corrected chi connectivity index (χ3v) is 3.57. The molecule has 1 saturated heterocycles. The highest BCUT2D eigenvalue weighted by Gasteiger charge is 2.21. The van der Waals surface area contributed by atoms with E-state index in [1.165, 1.54) is 0 Å². The lowest BCUT2D eigenvalue weighted by atomic mass is 9.90. The van der Waals surface area contributed by atoms with E-state index < -0.39 is 0 Å². The fourth-order valence-electron chi connectivity index (χ4n) is 2.34. The fraction of sp³-hybridized carbons (Fsp3) is 0.929. The van der Waals surface area contributed by atoms with Crippen LogP contribution in [0, 0.1) is 5.41 Å². The molecule has 0 unspecified atom stereocenters. The Morgan fingerprint density at radius 3 is 2.33 bits per heavy atom. The zero-order chi connectivity index (χ0) is 12.9. The molecule has 1 amide bonds. The number of amides is 1. The monoisotopic (exact) mass is 276 g/mol. The SMILES string of the molecule is CN(C(=O)CCCC(C)(C)C)C1CCNCC1.Cl.